The second-order valence-electron chi connectivity index (χ2n) is 6.16. The lowest BCUT2D eigenvalue weighted by molar-refractivity contribution is -0.134. The average Bonchev–Trinajstić information content (AvgIpc) is 3.22. The smallest absolute Gasteiger partial charge is 0.342 e. The molecule has 150 valence electrons. The standard InChI is InChI=1S/C17H16F4N4O2S/c1-23(6-5-18)14(26)9-25-11-7-10(8-22-15(11)24(2)16(25)27)12-3-4-13(28-12)17(19,20)21/h3-4,7-8H,5-6,9H2,1-2H3. The summed E-state index contributed by atoms with van der Waals surface area (Å²) >= 11 is 0.568. The molecule has 3 aromatic rings. The zero-order valence-corrected chi connectivity index (χ0v) is 15.8. The number of halogens is 4. The van der Waals surface area contributed by atoms with Gasteiger partial charge in [0, 0.05) is 37.3 Å². The predicted molar refractivity (Wildman–Crippen MR) is 96.9 cm³/mol. The predicted octanol–water partition coefficient (Wildman–Crippen LogP) is 2.91. The Morgan fingerprint density at radius 3 is 2.64 bits per heavy atom. The zero-order chi connectivity index (χ0) is 20.6. The molecule has 0 unspecified atom stereocenters. The summed E-state index contributed by atoms with van der Waals surface area (Å²) in [6.07, 6.45) is -3.06. The minimum Gasteiger partial charge on any atom is -0.342 e. The summed E-state index contributed by atoms with van der Waals surface area (Å²) in [6.45, 7) is -1.13. The van der Waals surface area contributed by atoms with Gasteiger partial charge >= 0.3 is 11.9 Å². The number of imidazole rings is 1. The average molecular weight is 416 g/mol. The molecule has 11 heteroatoms. The second-order valence-corrected chi connectivity index (χ2v) is 7.24. The number of pyridine rings is 1. The lowest BCUT2D eigenvalue weighted by atomic mass is 10.2. The van der Waals surface area contributed by atoms with Gasteiger partial charge in [0.2, 0.25) is 5.91 Å². The van der Waals surface area contributed by atoms with Crippen LogP contribution in [0.25, 0.3) is 21.6 Å². The number of carbonyl (C=O) groups is 1. The molecule has 6 nitrogen and oxygen atoms in total. The molecule has 0 N–H and O–H groups in total. The van der Waals surface area contributed by atoms with Crippen molar-refractivity contribution in [1.29, 1.82) is 0 Å². The van der Waals surface area contributed by atoms with E-state index >= 15 is 0 Å². The van der Waals surface area contributed by atoms with Gasteiger partial charge in [0.25, 0.3) is 0 Å². The van der Waals surface area contributed by atoms with Gasteiger partial charge in [-0.05, 0) is 18.2 Å². The minimum absolute atomic E-state index is 0.0999. The Morgan fingerprint density at radius 2 is 2.04 bits per heavy atom. The molecule has 0 aliphatic carbocycles. The first-order valence-corrected chi connectivity index (χ1v) is 8.97. The molecule has 0 aromatic carbocycles. The van der Waals surface area contributed by atoms with E-state index in [-0.39, 0.29) is 13.1 Å². The molecule has 3 rings (SSSR count). The fraction of sp³-hybridized carbons (Fsp3) is 0.353. The Kier molecular flexibility index (Phi) is 5.28. The van der Waals surface area contributed by atoms with Gasteiger partial charge in [0.1, 0.15) is 18.1 Å². The van der Waals surface area contributed by atoms with Crippen LogP contribution in [0.3, 0.4) is 0 Å². The minimum atomic E-state index is -4.44. The van der Waals surface area contributed by atoms with Crippen molar-refractivity contribution in [2.75, 3.05) is 20.3 Å². The van der Waals surface area contributed by atoms with Crippen LogP contribution in [0.5, 0.6) is 0 Å². The Balaban J connectivity index is 2.04. The monoisotopic (exact) mass is 416 g/mol. The third-order valence-corrected chi connectivity index (χ3v) is 5.46. The van der Waals surface area contributed by atoms with Gasteiger partial charge in [-0.1, -0.05) is 0 Å². The topological polar surface area (TPSA) is 60.1 Å². The maximum Gasteiger partial charge on any atom is 0.425 e. The molecule has 0 saturated carbocycles. The third-order valence-electron chi connectivity index (χ3n) is 4.28. The van der Waals surface area contributed by atoms with Crippen molar-refractivity contribution in [2.24, 2.45) is 7.05 Å². The fourth-order valence-corrected chi connectivity index (χ4v) is 3.57. The summed E-state index contributed by atoms with van der Waals surface area (Å²) in [7, 11) is 2.91. The van der Waals surface area contributed by atoms with E-state index in [1.54, 1.807) is 0 Å². The van der Waals surface area contributed by atoms with Crippen LogP contribution in [0.1, 0.15) is 4.88 Å². The van der Waals surface area contributed by atoms with Gasteiger partial charge in [0.05, 0.1) is 5.52 Å². The van der Waals surface area contributed by atoms with Crippen LogP contribution in [0.4, 0.5) is 17.6 Å². The van der Waals surface area contributed by atoms with Crippen molar-refractivity contribution in [2.45, 2.75) is 12.7 Å². The molecular weight excluding hydrogens is 400 g/mol. The maximum atomic E-state index is 12.8. The molecule has 0 spiro atoms. The van der Waals surface area contributed by atoms with Crippen LogP contribution in [-0.2, 0) is 24.6 Å². The van der Waals surface area contributed by atoms with E-state index in [1.807, 2.05) is 0 Å². The molecular formula is C17H16F4N4O2S. The highest BCUT2D eigenvalue weighted by Gasteiger charge is 2.32. The number of amides is 1. The number of rotatable bonds is 5. The Bertz CT molecular complexity index is 1080. The Labute approximate surface area is 160 Å². The zero-order valence-electron chi connectivity index (χ0n) is 15.0. The molecule has 0 bridgehead atoms. The summed E-state index contributed by atoms with van der Waals surface area (Å²) in [5.41, 5.74) is 0.511. The Hall–Kier alpha value is -2.69. The van der Waals surface area contributed by atoms with E-state index in [1.165, 1.54) is 41.6 Å². The van der Waals surface area contributed by atoms with Crippen molar-refractivity contribution in [3.05, 3.63) is 39.8 Å². The van der Waals surface area contributed by atoms with E-state index in [2.05, 4.69) is 4.98 Å². The molecule has 0 radical (unpaired) electrons. The molecule has 0 fully saturated rings. The summed E-state index contributed by atoms with van der Waals surface area (Å²) in [5.74, 6) is -0.465. The molecule has 0 atom stereocenters. The summed E-state index contributed by atoms with van der Waals surface area (Å²) in [6, 6.07) is 3.85. The van der Waals surface area contributed by atoms with Crippen LogP contribution in [0.15, 0.2) is 29.2 Å². The lowest BCUT2D eigenvalue weighted by Gasteiger charge is -2.15. The highest BCUT2D eigenvalue weighted by atomic mass is 32.1. The van der Waals surface area contributed by atoms with E-state index < -0.39 is 29.3 Å². The molecule has 1 amide bonds. The molecule has 0 aliphatic rings. The quantitative estimate of drug-likeness (QED) is 0.601. The third kappa shape index (κ3) is 3.66. The number of aromatic nitrogens is 3. The number of nitrogens with zero attached hydrogens (tertiary/aromatic N) is 4. The lowest BCUT2D eigenvalue weighted by Crippen LogP contribution is -2.35. The van der Waals surface area contributed by atoms with Gasteiger partial charge in [0.15, 0.2) is 5.65 Å². The van der Waals surface area contributed by atoms with Crippen molar-refractivity contribution < 1.29 is 22.4 Å². The van der Waals surface area contributed by atoms with Crippen LogP contribution in [0, 0.1) is 0 Å². The van der Waals surface area contributed by atoms with Crippen molar-refractivity contribution in [3.8, 4) is 10.4 Å². The van der Waals surface area contributed by atoms with Gasteiger partial charge in [-0.15, -0.1) is 11.3 Å². The number of hydrogen-bond acceptors (Lipinski definition) is 4. The summed E-state index contributed by atoms with van der Waals surface area (Å²) < 4.78 is 53.4. The van der Waals surface area contributed by atoms with Crippen LogP contribution >= 0.6 is 11.3 Å². The number of hydrogen-bond donors (Lipinski definition) is 0. The first-order chi connectivity index (χ1) is 13.1. The number of thiophene rings is 1. The van der Waals surface area contributed by atoms with Gasteiger partial charge in [-0.2, -0.15) is 13.2 Å². The highest BCUT2D eigenvalue weighted by molar-refractivity contribution is 7.15. The molecule has 0 aliphatic heterocycles. The fourth-order valence-electron chi connectivity index (χ4n) is 2.72. The normalized spacial score (nSPS) is 11.9. The van der Waals surface area contributed by atoms with Gasteiger partial charge in [-0.25, -0.2) is 14.2 Å². The van der Waals surface area contributed by atoms with Crippen LogP contribution < -0.4 is 5.69 Å². The van der Waals surface area contributed by atoms with E-state index in [0.29, 0.717) is 32.9 Å². The Morgan fingerprint density at radius 1 is 1.32 bits per heavy atom. The number of aryl methyl sites for hydroxylation is 1. The number of fused-ring (bicyclic) bond motifs is 1. The van der Waals surface area contributed by atoms with Crippen LogP contribution in [0.2, 0.25) is 0 Å². The number of carbonyl (C=O) groups excluding carboxylic acids is 1. The highest BCUT2D eigenvalue weighted by Crippen LogP contribution is 2.38. The molecule has 3 heterocycles. The first-order valence-electron chi connectivity index (χ1n) is 8.16. The molecule has 0 saturated heterocycles. The van der Waals surface area contributed by atoms with E-state index in [9.17, 15) is 27.2 Å². The summed E-state index contributed by atoms with van der Waals surface area (Å²) in [4.78, 5) is 29.6. The second kappa shape index (κ2) is 7.38. The van der Waals surface area contributed by atoms with Crippen molar-refractivity contribution >= 4 is 28.4 Å². The van der Waals surface area contributed by atoms with Crippen molar-refractivity contribution in [3.63, 3.8) is 0 Å². The van der Waals surface area contributed by atoms with E-state index in [4.69, 9.17) is 0 Å². The first kappa shape index (κ1) is 20.1. The molecule has 3 aromatic heterocycles. The van der Waals surface area contributed by atoms with Gasteiger partial charge in [-0.3, -0.25) is 13.9 Å². The van der Waals surface area contributed by atoms with Crippen LogP contribution in [-0.4, -0.2) is 45.2 Å². The van der Waals surface area contributed by atoms with E-state index in [0.717, 1.165) is 11.0 Å². The SMILES string of the molecule is CN(CCF)C(=O)Cn1c(=O)n(C)c2ncc(-c3ccc(C(F)(F)F)s3)cc21. The van der Waals surface area contributed by atoms with Crippen molar-refractivity contribution in [1.82, 2.24) is 19.0 Å². The maximum absolute atomic E-state index is 12.8. The summed E-state index contributed by atoms with van der Waals surface area (Å²) in [5, 5.41) is 0. The number of alkyl halides is 4. The largest absolute Gasteiger partial charge is 0.425 e. The molecule has 28 heavy (non-hydrogen) atoms. The number of likely N-dealkylation sites (N-methyl/N-ethyl adjacent to an activating group) is 1. The van der Waals surface area contributed by atoms with Gasteiger partial charge < -0.3 is 4.90 Å².